The van der Waals surface area contributed by atoms with Gasteiger partial charge in [-0.15, -0.1) is 0 Å². The third-order valence-electron chi connectivity index (χ3n) is 4.10. The van der Waals surface area contributed by atoms with E-state index in [9.17, 15) is 18.0 Å². The number of quaternary nitrogens is 1. The van der Waals surface area contributed by atoms with Gasteiger partial charge in [0.05, 0.1) is 11.4 Å². The first kappa shape index (κ1) is 22.1. The number of nitrogens with one attached hydrogen (secondary N) is 3. The number of nitrogens with zero attached hydrogens (tertiary/aromatic N) is 1. The Bertz CT molecular complexity index is 734. The van der Waals surface area contributed by atoms with E-state index in [0.717, 1.165) is 9.21 Å². The van der Waals surface area contributed by atoms with Gasteiger partial charge in [0.25, 0.3) is 11.8 Å². The fraction of sp³-hybridized carbons (Fsp3) is 0.529. The lowest BCUT2D eigenvalue weighted by Crippen LogP contribution is -3.17. The molecule has 0 saturated carbocycles. The number of anilines is 1. The van der Waals surface area contributed by atoms with Crippen molar-refractivity contribution in [2.75, 3.05) is 39.0 Å². The largest absolute Gasteiger partial charge is 0.351 e. The summed E-state index contributed by atoms with van der Waals surface area (Å²) in [5.41, 5.74) is 0.401. The van der Waals surface area contributed by atoms with E-state index in [4.69, 9.17) is 0 Å². The van der Waals surface area contributed by atoms with Crippen molar-refractivity contribution in [1.82, 2.24) is 9.62 Å². The van der Waals surface area contributed by atoms with Crippen molar-refractivity contribution in [1.29, 1.82) is 0 Å². The van der Waals surface area contributed by atoms with Crippen LogP contribution in [0.5, 0.6) is 0 Å². The van der Waals surface area contributed by atoms with Crippen molar-refractivity contribution in [3.8, 4) is 0 Å². The van der Waals surface area contributed by atoms with E-state index < -0.39 is 16.1 Å². The second kappa shape index (κ2) is 9.65. The monoisotopic (exact) mass is 385 g/mol. The number of rotatable bonds is 9. The first-order valence-electron chi connectivity index (χ1n) is 8.58. The molecule has 0 spiro atoms. The fourth-order valence-electron chi connectivity index (χ4n) is 2.43. The van der Waals surface area contributed by atoms with Crippen LogP contribution in [-0.4, -0.2) is 64.3 Å². The number of sulfonamides is 1. The minimum atomic E-state index is -3.57. The van der Waals surface area contributed by atoms with Crippen molar-refractivity contribution in [2.45, 2.75) is 31.7 Å². The molecule has 26 heavy (non-hydrogen) atoms. The average Bonchev–Trinajstić information content (AvgIpc) is 2.59. The Morgan fingerprint density at radius 1 is 1.23 bits per heavy atom. The first-order valence-corrected chi connectivity index (χ1v) is 10.0. The molecule has 146 valence electrons. The smallest absolute Gasteiger partial charge is 0.282 e. The molecule has 1 aromatic carbocycles. The molecule has 0 aliphatic heterocycles. The number of hydrogen-bond donors (Lipinski definition) is 3. The summed E-state index contributed by atoms with van der Waals surface area (Å²) >= 11 is 0. The molecule has 0 aliphatic rings. The van der Waals surface area contributed by atoms with E-state index in [-0.39, 0.29) is 23.3 Å². The quantitative estimate of drug-likeness (QED) is 0.524. The van der Waals surface area contributed by atoms with Crippen molar-refractivity contribution in [3.05, 3.63) is 24.3 Å². The van der Waals surface area contributed by atoms with Gasteiger partial charge in [0.1, 0.15) is 0 Å². The molecule has 0 aliphatic carbocycles. The maximum atomic E-state index is 12.5. The van der Waals surface area contributed by atoms with Gasteiger partial charge >= 0.3 is 0 Å². The van der Waals surface area contributed by atoms with Crippen LogP contribution in [0.2, 0.25) is 0 Å². The summed E-state index contributed by atoms with van der Waals surface area (Å²) in [5.74, 6) is -0.381. The van der Waals surface area contributed by atoms with Gasteiger partial charge in [-0.25, -0.2) is 12.7 Å². The van der Waals surface area contributed by atoms with E-state index in [1.54, 1.807) is 19.1 Å². The predicted octanol–water partition coefficient (Wildman–Crippen LogP) is -0.695. The van der Waals surface area contributed by atoms with Crippen molar-refractivity contribution in [2.24, 2.45) is 0 Å². The normalized spacial score (nSPS) is 13.9. The summed E-state index contributed by atoms with van der Waals surface area (Å²) in [6.45, 7) is 6.85. The number of likely N-dealkylation sites (N-methyl/N-ethyl adjacent to an activating group) is 2. The molecule has 0 bridgehead atoms. The molecule has 0 heterocycles. The molecule has 1 rings (SSSR count). The zero-order chi connectivity index (χ0) is 19.9. The maximum absolute atomic E-state index is 12.5. The Labute approximate surface area is 155 Å². The second-order valence-corrected chi connectivity index (χ2v) is 8.32. The average molecular weight is 386 g/mol. The highest BCUT2D eigenvalue weighted by atomic mass is 32.2. The van der Waals surface area contributed by atoms with E-state index >= 15 is 0 Å². The van der Waals surface area contributed by atoms with E-state index in [1.165, 1.54) is 26.2 Å². The molecule has 0 fully saturated rings. The highest BCUT2D eigenvalue weighted by molar-refractivity contribution is 7.89. The van der Waals surface area contributed by atoms with Crippen LogP contribution in [0.4, 0.5) is 5.69 Å². The van der Waals surface area contributed by atoms with Crippen molar-refractivity contribution in [3.63, 3.8) is 0 Å². The summed E-state index contributed by atoms with van der Waals surface area (Å²) in [6.07, 6.45) is 0. The number of hydrogen-bond acceptors (Lipinski definition) is 4. The highest BCUT2D eigenvalue weighted by Gasteiger charge is 2.26. The molecule has 2 atom stereocenters. The van der Waals surface area contributed by atoms with Crippen LogP contribution >= 0.6 is 0 Å². The molecule has 1 unspecified atom stereocenters. The number of amides is 2. The third kappa shape index (κ3) is 5.79. The second-order valence-electron chi connectivity index (χ2n) is 6.17. The topological polar surface area (TPSA) is 100 Å². The Morgan fingerprint density at radius 3 is 2.42 bits per heavy atom. The van der Waals surface area contributed by atoms with Gasteiger partial charge in [-0.05, 0) is 39.0 Å². The number of carbonyl (C=O) groups excluding carboxylic acids is 2. The number of carbonyl (C=O) groups is 2. The Kier molecular flexibility index (Phi) is 8.19. The zero-order valence-corrected chi connectivity index (χ0v) is 16.8. The molecule has 8 nitrogen and oxygen atoms in total. The lowest BCUT2D eigenvalue weighted by molar-refractivity contribution is -0.904. The van der Waals surface area contributed by atoms with Gasteiger partial charge < -0.3 is 15.5 Å². The molecule has 0 saturated heterocycles. The molecule has 9 heteroatoms. The maximum Gasteiger partial charge on any atom is 0.282 e. The van der Waals surface area contributed by atoms with Gasteiger partial charge in [0.2, 0.25) is 10.0 Å². The third-order valence-corrected chi connectivity index (χ3v) is 5.91. The van der Waals surface area contributed by atoms with Crippen LogP contribution in [0.1, 0.15) is 20.8 Å². The van der Waals surface area contributed by atoms with Crippen molar-refractivity contribution >= 4 is 27.5 Å². The highest BCUT2D eigenvalue weighted by Crippen LogP contribution is 2.17. The van der Waals surface area contributed by atoms with E-state index in [1.807, 2.05) is 13.8 Å². The SMILES string of the molecule is CCNC(=O)C[NH+](CC)[C@H](C)C(=O)Nc1cccc(S(=O)(=O)N(C)C)c1. The summed E-state index contributed by atoms with van der Waals surface area (Å²) in [4.78, 5) is 25.2. The van der Waals surface area contributed by atoms with Crippen LogP contribution in [-0.2, 0) is 19.6 Å². The van der Waals surface area contributed by atoms with Gasteiger partial charge in [0, 0.05) is 26.3 Å². The van der Waals surface area contributed by atoms with Crippen LogP contribution in [0, 0.1) is 0 Å². The zero-order valence-electron chi connectivity index (χ0n) is 16.0. The lowest BCUT2D eigenvalue weighted by Gasteiger charge is -2.23. The van der Waals surface area contributed by atoms with Crippen molar-refractivity contribution < 1.29 is 22.9 Å². The van der Waals surface area contributed by atoms with Crippen LogP contribution in [0.3, 0.4) is 0 Å². The standard InChI is InChI=1S/C17H28N4O4S/c1-6-18-16(22)12-21(7-2)13(3)17(23)19-14-9-8-10-15(11-14)26(24,25)20(4)5/h8-11,13H,6-7,12H2,1-5H3,(H,18,22)(H,19,23)/p+1/t13-/m1/s1. The van der Waals surface area contributed by atoms with E-state index in [0.29, 0.717) is 18.8 Å². The number of benzene rings is 1. The minimum Gasteiger partial charge on any atom is -0.351 e. The Hall–Kier alpha value is -1.97. The molecule has 1 aromatic rings. The summed E-state index contributed by atoms with van der Waals surface area (Å²) < 4.78 is 25.5. The first-order chi connectivity index (χ1) is 12.1. The lowest BCUT2D eigenvalue weighted by atomic mass is 10.2. The van der Waals surface area contributed by atoms with Gasteiger partial charge in [-0.2, -0.15) is 0 Å². The van der Waals surface area contributed by atoms with Gasteiger partial charge in [-0.3, -0.25) is 9.59 Å². The van der Waals surface area contributed by atoms with E-state index in [2.05, 4.69) is 10.6 Å². The van der Waals surface area contributed by atoms with Gasteiger partial charge in [-0.1, -0.05) is 6.07 Å². The molecule has 2 amide bonds. The predicted molar refractivity (Wildman–Crippen MR) is 100 cm³/mol. The summed E-state index contributed by atoms with van der Waals surface area (Å²) in [6, 6.07) is 5.66. The fourth-order valence-corrected chi connectivity index (χ4v) is 3.38. The molecule has 3 N–H and O–H groups in total. The van der Waals surface area contributed by atoms with Crippen LogP contribution in [0.25, 0.3) is 0 Å². The van der Waals surface area contributed by atoms with Crippen LogP contribution in [0.15, 0.2) is 29.2 Å². The van der Waals surface area contributed by atoms with Crippen LogP contribution < -0.4 is 15.5 Å². The molecule has 0 aromatic heterocycles. The molecule has 0 radical (unpaired) electrons. The van der Waals surface area contributed by atoms with Gasteiger partial charge in [0.15, 0.2) is 12.6 Å². The Morgan fingerprint density at radius 2 is 1.88 bits per heavy atom. The summed E-state index contributed by atoms with van der Waals surface area (Å²) in [7, 11) is -0.673. The Balaban J connectivity index is 2.88. The molecular formula is C17H29N4O4S+. The molecular weight excluding hydrogens is 356 g/mol. The summed E-state index contributed by atoms with van der Waals surface area (Å²) in [5, 5.41) is 5.46. The minimum absolute atomic E-state index is 0.106.